The van der Waals surface area contributed by atoms with E-state index in [0.29, 0.717) is 18.9 Å². The molecule has 0 saturated carbocycles. The number of halogens is 1. The molecule has 0 heterocycles. The Balaban J connectivity index is 0.00000625. The number of nitrogens with one attached hydrogen (secondary N) is 2. The molecular formula is C17H30ClN3O4S. The monoisotopic (exact) mass is 407 g/mol. The Labute approximate surface area is 162 Å². The first-order valence-corrected chi connectivity index (χ1v) is 9.86. The molecule has 0 aliphatic rings. The highest BCUT2D eigenvalue weighted by molar-refractivity contribution is 7.89. The van der Waals surface area contributed by atoms with Gasteiger partial charge in [-0.05, 0) is 44.0 Å². The van der Waals surface area contributed by atoms with Crippen LogP contribution in [0.2, 0.25) is 0 Å². The molecule has 1 rings (SSSR count). The van der Waals surface area contributed by atoms with Gasteiger partial charge >= 0.3 is 0 Å². The van der Waals surface area contributed by atoms with Gasteiger partial charge < -0.3 is 15.8 Å². The molecule has 1 amide bonds. The third-order valence-electron chi connectivity index (χ3n) is 4.21. The van der Waals surface area contributed by atoms with E-state index in [0.717, 1.165) is 0 Å². The first-order valence-electron chi connectivity index (χ1n) is 8.38. The van der Waals surface area contributed by atoms with Gasteiger partial charge in [-0.15, -0.1) is 12.4 Å². The molecule has 1 atom stereocenters. The Hall–Kier alpha value is -1.35. The fourth-order valence-corrected chi connectivity index (χ4v) is 3.11. The molecule has 0 aliphatic heterocycles. The Morgan fingerprint density at radius 3 is 2.31 bits per heavy atom. The molecule has 0 radical (unpaired) electrons. The van der Waals surface area contributed by atoms with E-state index < -0.39 is 15.6 Å². The summed E-state index contributed by atoms with van der Waals surface area (Å²) in [5, 5.41) is 2.87. The lowest BCUT2D eigenvalue weighted by molar-refractivity contribution is -0.123. The van der Waals surface area contributed by atoms with E-state index in [2.05, 4.69) is 10.0 Å². The van der Waals surface area contributed by atoms with E-state index in [9.17, 15) is 13.2 Å². The summed E-state index contributed by atoms with van der Waals surface area (Å²) in [7, 11) is -3.66. The Kier molecular flexibility index (Phi) is 10.2. The van der Waals surface area contributed by atoms with Crippen LogP contribution in [0.15, 0.2) is 29.2 Å². The van der Waals surface area contributed by atoms with Gasteiger partial charge in [0.25, 0.3) is 0 Å². The fraction of sp³-hybridized carbons (Fsp3) is 0.588. The van der Waals surface area contributed by atoms with Crippen molar-refractivity contribution in [2.24, 2.45) is 11.7 Å². The predicted molar refractivity (Wildman–Crippen MR) is 105 cm³/mol. The van der Waals surface area contributed by atoms with Gasteiger partial charge in [0, 0.05) is 19.5 Å². The molecule has 7 nitrogen and oxygen atoms in total. The maximum atomic E-state index is 12.2. The second-order valence-electron chi connectivity index (χ2n) is 6.38. The number of rotatable bonds is 10. The Morgan fingerprint density at radius 2 is 1.85 bits per heavy atom. The molecule has 0 aliphatic carbocycles. The normalized spacial score (nSPS) is 13.6. The fourth-order valence-electron chi connectivity index (χ4n) is 2.08. The van der Waals surface area contributed by atoms with Gasteiger partial charge in [-0.2, -0.15) is 0 Å². The number of carbonyl (C=O) groups excluding carboxylic acids is 1. The maximum absolute atomic E-state index is 12.2. The average Bonchev–Trinajstić information content (AvgIpc) is 2.55. The first kappa shape index (κ1) is 24.7. The topological polar surface area (TPSA) is 111 Å². The zero-order chi connectivity index (χ0) is 19.1. The van der Waals surface area contributed by atoms with Crippen LogP contribution < -0.4 is 20.5 Å². The number of benzene rings is 1. The van der Waals surface area contributed by atoms with Gasteiger partial charge in [0.05, 0.1) is 17.0 Å². The maximum Gasteiger partial charge on any atom is 0.240 e. The van der Waals surface area contributed by atoms with Crippen molar-refractivity contribution in [3.05, 3.63) is 24.3 Å². The van der Waals surface area contributed by atoms with E-state index >= 15 is 0 Å². The van der Waals surface area contributed by atoms with Crippen molar-refractivity contribution >= 4 is 28.3 Å². The van der Waals surface area contributed by atoms with E-state index in [1.54, 1.807) is 12.1 Å². The molecule has 1 aromatic rings. The number of nitrogens with two attached hydrogens (primary N) is 1. The van der Waals surface area contributed by atoms with Crippen LogP contribution in [0.1, 0.15) is 34.1 Å². The SMILES string of the molecule is CCOc1ccc(S(=O)(=O)NCCC(=O)NC(C)(CN)C(C)C)cc1.Cl. The lowest BCUT2D eigenvalue weighted by Crippen LogP contribution is -2.55. The number of hydrogen-bond donors (Lipinski definition) is 3. The zero-order valence-electron chi connectivity index (χ0n) is 15.7. The van der Waals surface area contributed by atoms with Gasteiger partial charge in [-0.1, -0.05) is 13.8 Å². The molecule has 0 saturated heterocycles. The van der Waals surface area contributed by atoms with Crippen LogP contribution in [0.3, 0.4) is 0 Å². The summed E-state index contributed by atoms with van der Waals surface area (Å²) in [5.74, 6) is 0.536. The summed E-state index contributed by atoms with van der Waals surface area (Å²) in [6, 6.07) is 6.13. The van der Waals surface area contributed by atoms with Crippen LogP contribution in [0.25, 0.3) is 0 Å². The van der Waals surface area contributed by atoms with Crippen molar-refractivity contribution in [1.29, 1.82) is 0 Å². The molecule has 4 N–H and O–H groups in total. The lowest BCUT2D eigenvalue weighted by Gasteiger charge is -2.33. The van der Waals surface area contributed by atoms with Crippen LogP contribution in [-0.4, -0.2) is 39.6 Å². The number of amides is 1. The van der Waals surface area contributed by atoms with E-state index in [1.807, 2.05) is 27.7 Å². The van der Waals surface area contributed by atoms with Crippen LogP contribution in [0.4, 0.5) is 0 Å². The molecule has 0 fully saturated rings. The number of carbonyl (C=O) groups is 1. The molecule has 26 heavy (non-hydrogen) atoms. The van der Waals surface area contributed by atoms with Crippen molar-refractivity contribution in [3.8, 4) is 5.75 Å². The van der Waals surface area contributed by atoms with Crippen LogP contribution >= 0.6 is 12.4 Å². The van der Waals surface area contributed by atoms with Crippen LogP contribution in [-0.2, 0) is 14.8 Å². The Morgan fingerprint density at radius 1 is 1.27 bits per heavy atom. The third-order valence-corrected chi connectivity index (χ3v) is 5.69. The summed E-state index contributed by atoms with van der Waals surface area (Å²) in [4.78, 5) is 12.2. The molecule has 1 unspecified atom stereocenters. The Bertz CT molecular complexity index is 665. The highest BCUT2D eigenvalue weighted by Crippen LogP contribution is 2.16. The standard InChI is InChI=1S/C17H29N3O4S.ClH/c1-5-24-14-6-8-15(9-7-14)25(22,23)19-11-10-16(21)20-17(4,12-18)13(2)3;/h6-9,13,19H,5,10-12,18H2,1-4H3,(H,20,21);1H. The van der Waals surface area contributed by atoms with E-state index in [4.69, 9.17) is 10.5 Å². The summed E-state index contributed by atoms with van der Waals surface area (Å²) in [5.41, 5.74) is 5.22. The molecule has 0 bridgehead atoms. The highest BCUT2D eigenvalue weighted by atomic mass is 35.5. The summed E-state index contributed by atoms with van der Waals surface area (Å²) in [6.45, 7) is 8.52. The van der Waals surface area contributed by atoms with Crippen molar-refractivity contribution < 1.29 is 17.9 Å². The highest BCUT2D eigenvalue weighted by Gasteiger charge is 2.28. The number of sulfonamides is 1. The molecule has 9 heteroatoms. The van der Waals surface area contributed by atoms with Crippen LogP contribution in [0, 0.1) is 5.92 Å². The van der Waals surface area contributed by atoms with Gasteiger partial charge in [0.15, 0.2) is 0 Å². The summed E-state index contributed by atoms with van der Waals surface area (Å²) >= 11 is 0. The predicted octanol–water partition coefficient (Wildman–Crippen LogP) is 1.67. The van der Waals surface area contributed by atoms with Gasteiger partial charge in [-0.3, -0.25) is 4.79 Å². The first-order chi connectivity index (χ1) is 11.6. The summed E-state index contributed by atoms with van der Waals surface area (Å²) < 4.78 is 32.2. The minimum Gasteiger partial charge on any atom is -0.494 e. The molecule has 150 valence electrons. The molecule has 0 aromatic heterocycles. The van der Waals surface area contributed by atoms with E-state index in [-0.39, 0.29) is 42.1 Å². The van der Waals surface area contributed by atoms with Crippen LogP contribution in [0.5, 0.6) is 5.75 Å². The quantitative estimate of drug-likeness (QED) is 0.546. The molecule has 0 spiro atoms. The second kappa shape index (κ2) is 10.7. The minimum absolute atomic E-state index is 0. The molecular weight excluding hydrogens is 378 g/mol. The van der Waals surface area contributed by atoms with Gasteiger partial charge in [0.2, 0.25) is 15.9 Å². The zero-order valence-corrected chi connectivity index (χ0v) is 17.4. The third kappa shape index (κ3) is 7.11. The number of ether oxygens (including phenoxy) is 1. The minimum atomic E-state index is -3.66. The van der Waals surface area contributed by atoms with Gasteiger partial charge in [0.1, 0.15) is 5.75 Å². The van der Waals surface area contributed by atoms with Crippen molar-refractivity contribution in [1.82, 2.24) is 10.0 Å². The van der Waals surface area contributed by atoms with Crippen molar-refractivity contribution in [2.75, 3.05) is 19.7 Å². The lowest BCUT2D eigenvalue weighted by atomic mass is 9.88. The van der Waals surface area contributed by atoms with Gasteiger partial charge in [-0.25, -0.2) is 13.1 Å². The average molecular weight is 408 g/mol. The summed E-state index contributed by atoms with van der Waals surface area (Å²) in [6.07, 6.45) is 0.0402. The van der Waals surface area contributed by atoms with Crippen molar-refractivity contribution in [3.63, 3.8) is 0 Å². The second-order valence-corrected chi connectivity index (χ2v) is 8.14. The van der Waals surface area contributed by atoms with E-state index in [1.165, 1.54) is 12.1 Å². The number of hydrogen-bond acceptors (Lipinski definition) is 5. The largest absolute Gasteiger partial charge is 0.494 e. The van der Waals surface area contributed by atoms with Crippen molar-refractivity contribution in [2.45, 2.75) is 44.6 Å². The smallest absolute Gasteiger partial charge is 0.240 e. The molecule has 1 aromatic carbocycles.